The molecule has 0 saturated carbocycles. The molecule has 2 N–H and O–H groups in total. The van der Waals surface area contributed by atoms with Crippen LogP contribution in [0.5, 0.6) is 5.75 Å². The van der Waals surface area contributed by atoms with Gasteiger partial charge in [0.2, 0.25) is 0 Å². The summed E-state index contributed by atoms with van der Waals surface area (Å²) in [5, 5.41) is 12.7. The maximum Gasteiger partial charge on any atom is 0.117 e. The minimum absolute atomic E-state index is 0.352. The van der Waals surface area contributed by atoms with E-state index in [0.717, 1.165) is 24.6 Å². The fraction of sp³-hybridized carbons (Fsp3) is 0.500. The van der Waals surface area contributed by atoms with E-state index in [2.05, 4.69) is 12.2 Å². The third-order valence-corrected chi connectivity index (χ3v) is 2.95. The molecule has 0 aliphatic carbocycles. The van der Waals surface area contributed by atoms with Crippen molar-refractivity contribution in [3.8, 4) is 5.75 Å². The Bertz CT molecular complexity index is 322. The number of aromatic hydroxyl groups is 1. The molecule has 0 saturated heterocycles. The van der Waals surface area contributed by atoms with Crippen LogP contribution in [0.2, 0.25) is 0 Å². The maximum absolute atomic E-state index is 9.36. The van der Waals surface area contributed by atoms with Crippen LogP contribution in [0.15, 0.2) is 18.2 Å². The summed E-state index contributed by atoms with van der Waals surface area (Å²) in [5.41, 5.74) is 2.44. The molecule has 2 heteroatoms. The zero-order valence-electron chi connectivity index (χ0n) is 8.59. The van der Waals surface area contributed by atoms with Gasteiger partial charge >= 0.3 is 0 Å². The van der Waals surface area contributed by atoms with Crippen molar-refractivity contribution in [1.29, 1.82) is 0 Å². The summed E-state index contributed by atoms with van der Waals surface area (Å²) in [6, 6.07) is 5.62. The van der Waals surface area contributed by atoms with Crippen LogP contribution in [0.1, 0.15) is 25.3 Å². The molecule has 1 atom stereocenters. The standard InChI is InChI=1S/C12H17NO/c1-9-2-3-10-4-5-11(14)8-12(10)13-7-6-9/h4-5,8-9,13-14H,2-3,6-7H2,1H3. The Hall–Kier alpha value is -1.18. The van der Waals surface area contributed by atoms with Crippen LogP contribution in [0.4, 0.5) is 5.69 Å². The van der Waals surface area contributed by atoms with Gasteiger partial charge in [-0.3, -0.25) is 0 Å². The van der Waals surface area contributed by atoms with Gasteiger partial charge in [-0.15, -0.1) is 0 Å². The summed E-state index contributed by atoms with van der Waals surface area (Å²) in [4.78, 5) is 0. The number of hydrogen-bond acceptors (Lipinski definition) is 2. The van der Waals surface area contributed by atoms with Crippen LogP contribution in [-0.4, -0.2) is 11.7 Å². The number of anilines is 1. The Morgan fingerprint density at radius 3 is 3.07 bits per heavy atom. The lowest BCUT2D eigenvalue weighted by Crippen LogP contribution is -2.12. The molecule has 1 aliphatic heterocycles. The normalized spacial score (nSPS) is 21.6. The van der Waals surface area contributed by atoms with E-state index in [1.54, 1.807) is 6.07 Å². The molecule has 0 amide bonds. The summed E-state index contributed by atoms with van der Waals surface area (Å²) >= 11 is 0. The number of phenolic OH excluding ortho intramolecular Hbond substituents is 1. The fourth-order valence-electron chi connectivity index (χ4n) is 1.95. The van der Waals surface area contributed by atoms with Crippen molar-refractivity contribution >= 4 is 5.69 Å². The van der Waals surface area contributed by atoms with Gasteiger partial charge in [-0.05, 0) is 36.8 Å². The Kier molecular flexibility index (Phi) is 2.62. The topological polar surface area (TPSA) is 32.3 Å². The summed E-state index contributed by atoms with van der Waals surface area (Å²) < 4.78 is 0. The van der Waals surface area contributed by atoms with Gasteiger partial charge in [0.1, 0.15) is 5.75 Å². The Morgan fingerprint density at radius 1 is 1.36 bits per heavy atom. The molecule has 2 nitrogen and oxygen atoms in total. The van der Waals surface area contributed by atoms with Gasteiger partial charge < -0.3 is 10.4 Å². The van der Waals surface area contributed by atoms with Gasteiger partial charge in [0.05, 0.1) is 0 Å². The second kappa shape index (κ2) is 3.91. The minimum Gasteiger partial charge on any atom is -0.508 e. The lowest BCUT2D eigenvalue weighted by Gasteiger charge is -2.19. The number of rotatable bonds is 0. The smallest absolute Gasteiger partial charge is 0.117 e. The first-order chi connectivity index (χ1) is 6.75. The van der Waals surface area contributed by atoms with Crippen molar-refractivity contribution < 1.29 is 5.11 Å². The van der Waals surface area contributed by atoms with E-state index in [4.69, 9.17) is 0 Å². The number of nitrogens with one attached hydrogen (secondary N) is 1. The molecule has 1 aliphatic rings. The highest BCUT2D eigenvalue weighted by molar-refractivity contribution is 5.55. The first kappa shape index (κ1) is 9.38. The molecule has 76 valence electrons. The number of aryl methyl sites for hydroxylation is 1. The van der Waals surface area contributed by atoms with E-state index in [9.17, 15) is 5.11 Å². The predicted octanol–water partition coefficient (Wildman–Crippen LogP) is 2.78. The highest BCUT2D eigenvalue weighted by Crippen LogP contribution is 2.26. The molecular weight excluding hydrogens is 174 g/mol. The quantitative estimate of drug-likeness (QED) is 0.661. The summed E-state index contributed by atoms with van der Waals surface area (Å²) in [5.74, 6) is 1.15. The van der Waals surface area contributed by atoms with Crippen molar-refractivity contribution in [2.24, 2.45) is 5.92 Å². The number of benzene rings is 1. The molecular formula is C12H17NO. The highest BCUT2D eigenvalue weighted by atomic mass is 16.3. The van der Waals surface area contributed by atoms with Crippen LogP contribution in [-0.2, 0) is 6.42 Å². The van der Waals surface area contributed by atoms with Gasteiger partial charge in [0.15, 0.2) is 0 Å². The molecule has 0 radical (unpaired) electrons. The molecule has 2 rings (SSSR count). The van der Waals surface area contributed by atoms with E-state index in [-0.39, 0.29) is 0 Å². The Morgan fingerprint density at radius 2 is 2.21 bits per heavy atom. The Labute approximate surface area is 85.0 Å². The van der Waals surface area contributed by atoms with E-state index in [1.165, 1.54) is 18.4 Å². The largest absolute Gasteiger partial charge is 0.508 e. The Balaban J connectivity index is 2.24. The van der Waals surface area contributed by atoms with Crippen molar-refractivity contribution in [2.75, 3.05) is 11.9 Å². The molecule has 0 bridgehead atoms. The highest BCUT2D eigenvalue weighted by Gasteiger charge is 2.10. The second-order valence-corrected chi connectivity index (χ2v) is 4.20. The number of phenols is 1. The lowest BCUT2D eigenvalue weighted by atomic mass is 9.95. The van der Waals surface area contributed by atoms with Crippen molar-refractivity contribution in [1.82, 2.24) is 0 Å². The van der Waals surface area contributed by atoms with Crippen molar-refractivity contribution in [3.05, 3.63) is 23.8 Å². The van der Waals surface area contributed by atoms with Gasteiger partial charge in [-0.25, -0.2) is 0 Å². The number of hydrogen-bond donors (Lipinski definition) is 2. The zero-order chi connectivity index (χ0) is 9.97. The van der Waals surface area contributed by atoms with Gasteiger partial charge in [-0.2, -0.15) is 0 Å². The van der Waals surface area contributed by atoms with Gasteiger partial charge in [0.25, 0.3) is 0 Å². The molecule has 1 unspecified atom stereocenters. The van der Waals surface area contributed by atoms with Crippen LogP contribution in [0, 0.1) is 5.92 Å². The van der Waals surface area contributed by atoms with Crippen LogP contribution < -0.4 is 5.32 Å². The molecule has 0 spiro atoms. The predicted molar refractivity (Wildman–Crippen MR) is 58.7 cm³/mol. The van der Waals surface area contributed by atoms with Crippen molar-refractivity contribution in [2.45, 2.75) is 26.2 Å². The van der Waals surface area contributed by atoms with E-state index in [1.807, 2.05) is 12.1 Å². The van der Waals surface area contributed by atoms with Crippen molar-refractivity contribution in [3.63, 3.8) is 0 Å². The van der Waals surface area contributed by atoms with Gasteiger partial charge in [0, 0.05) is 18.3 Å². The minimum atomic E-state index is 0.352. The molecule has 1 aromatic rings. The number of fused-ring (bicyclic) bond motifs is 1. The molecule has 0 aromatic heterocycles. The summed E-state index contributed by atoms with van der Waals surface area (Å²) in [7, 11) is 0. The van der Waals surface area contributed by atoms with Crippen LogP contribution >= 0.6 is 0 Å². The average molecular weight is 191 g/mol. The zero-order valence-corrected chi connectivity index (χ0v) is 8.59. The summed E-state index contributed by atoms with van der Waals surface area (Å²) in [6.07, 6.45) is 3.58. The SMILES string of the molecule is CC1CCNc2cc(O)ccc2CC1. The third kappa shape index (κ3) is 2.00. The first-order valence-electron chi connectivity index (χ1n) is 5.31. The maximum atomic E-state index is 9.36. The molecule has 14 heavy (non-hydrogen) atoms. The lowest BCUT2D eigenvalue weighted by molar-refractivity contribution is 0.473. The molecule has 0 fully saturated rings. The van der Waals surface area contributed by atoms with Gasteiger partial charge in [-0.1, -0.05) is 13.0 Å². The molecule has 1 heterocycles. The van der Waals surface area contributed by atoms with Crippen LogP contribution in [0.25, 0.3) is 0 Å². The monoisotopic (exact) mass is 191 g/mol. The van der Waals surface area contributed by atoms with E-state index < -0.39 is 0 Å². The summed E-state index contributed by atoms with van der Waals surface area (Å²) in [6.45, 7) is 3.31. The fourth-order valence-corrected chi connectivity index (χ4v) is 1.95. The second-order valence-electron chi connectivity index (χ2n) is 4.20. The first-order valence-corrected chi connectivity index (χ1v) is 5.31. The van der Waals surface area contributed by atoms with E-state index in [0.29, 0.717) is 5.75 Å². The average Bonchev–Trinajstić information content (AvgIpc) is 2.13. The van der Waals surface area contributed by atoms with E-state index >= 15 is 0 Å². The third-order valence-electron chi connectivity index (χ3n) is 2.95. The molecule has 1 aromatic carbocycles. The van der Waals surface area contributed by atoms with Crippen LogP contribution in [0.3, 0.4) is 0 Å².